The first kappa shape index (κ1) is 27.1. The monoisotopic (exact) mass is 507 g/mol. The van der Waals surface area contributed by atoms with E-state index < -0.39 is 23.0 Å². The highest BCUT2D eigenvalue weighted by Gasteiger charge is 2.59. The van der Waals surface area contributed by atoms with E-state index in [2.05, 4.69) is 22.5 Å². The minimum atomic E-state index is -1.22. The largest absolute Gasteiger partial charge is 0.508 e. The molecular weight excluding hydrogens is 466 g/mol. The molecule has 0 radical (unpaired) electrons. The number of aromatic hydroxyl groups is 1. The van der Waals surface area contributed by atoms with Crippen molar-refractivity contribution in [1.82, 2.24) is 15.5 Å². The van der Waals surface area contributed by atoms with Crippen molar-refractivity contribution in [2.45, 2.75) is 82.9 Å². The molecule has 3 amide bonds. The number of carbonyl (C=O) groups excluding carboxylic acids is 2. The first-order valence-electron chi connectivity index (χ1n) is 13.6. The Bertz CT molecular complexity index is 1100. The number of hydrogen-bond acceptors (Lipinski definition) is 5. The molecule has 200 valence electrons. The molecule has 4 N–H and O–H groups in total. The van der Waals surface area contributed by atoms with Crippen LogP contribution in [0.25, 0.3) is 0 Å². The van der Waals surface area contributed by atoms with Gasteiger partial charge < -0.3 is 15.5 Å². The number of benzene rings is 2. The molecule has 2 aliphatic rings. The normalized spacial score (nSPS) is 26.0. The van der Waals surface area contributed by atoms with Crippen molar-refractivity contribution < 1.29 is 19.8 Å². The van der Waals surface area contributed by atoms with E-state index in [-0.39, 0.29) is 18.2 Å². The molecule has 7 nitrogen and oxygen atoms in total. The molecule has 4 rings (SSSR count). The lowest BCUT2D eigenvalue weighted by atomic mass is 9.56. The van der Waals surface area contributed by atoms with Gasteiger partial charge in [-0.1, -0.05) is 49.7 Å². The second kappa shape index (κ2) is 11.2. The van der Waals surface area contributed by atoms with Crippen LogP contribution in [0.1, 0.15) is 69.1 Å². The van der Waals surface area contributed by atoms with E-state index in [1.165, 1.54) is 12.8 Å². The molecular formula is C30H41N3O4. The molecule has 7 heteroatoms. The van der Waals surface area contributed by atoms with Crippen LogP contribution in [0, 0.1) is 12.8 Å². The third kappa shape index (κ3) is 5.83. The zero-order valence-corrected chi connectivity index (χ0v) is 22.3. The lowest BCUT2D eigenvalue weighted by Gasteiger charge is -2.58. The molecule has 3 unspecified atom stereocenters. The molecule has 2 aromatic carbocycles. The molecule has 0 bridgehead atoms. The Morgan fingerprint density at radius 1 is 1.14 bits per heavy atom. The summed E-state index contributed by atoms with van der Waals surface area (Å²) in [5.41, 5.74) is 0.462. The number of phenols is 1. The van der Waals surface area contributed by atoms with Crippen molar-refractivity contribution in [3.8, 4) is 5.75 Å². The van der Waals surface area contributed by atoms with Gasteiger partial charge in [0, 0.05) is 31.0 Å². The second-order valence-electron chi connectivity index (χ2n) is 11.0. The highest BCUT2D eigenvalue weighted by Crippen LogP contribution is 2.52. The maximum absolute atomic E-state index is 13.4. The van der Waals surface area contributed by atoms with E-state index in [0.717, 1.165) is 36.2 Å². The van der Waals surface area contributed by atoms with Crippen LogP contribution in [0.4, 0.5) is 4.79 Å². The van der Waals surface area contributed by atoms with Crippen molar-refractivity contribution in [3.63, 3.8) is 0 Å². The Balaban J connectivity index is 1.62. The number of nitrogens with one attached hydrogen (secondary N) is 2. The topological polar surface area (TPSA) is 102 Å². The Morgan fingerprint density at radius 2 is 1.86 bits per heavy atom. The summed E-state index contributed by atoms with van der Waals surface area (Å²) in [6, 6.07) is 13.9. The van der Waals surface area contributed by atoms with Gasteiger partial charge in [0.2, 0.25) is 5.91 Å². The van der Waals surface area contributed by atoms with Gasteiger partial charge in [-0.25, -0.2) is 4.79 Å². The quantitative estimate of drug-likeness (QED) is 0.403. The smallest absolute Gasteiger partial charge is 0.321 e. The minimum Gasteiger partial charge on any atom is -0.508 e. The second-order valence-corrected chi connectivity index (χ2v) is 11.0. The predicted molar refractivity (Wildman–Crippen MR) is 144 cm³/mol. The van der Waals surface area contributed by atoms with Crippen molar-refractivity contribution in [3.05, 3.63) is 65.2 Å². The maximum Gasteiger partial charge on any atom is 0.321 e. The molecule has 1 heterocycles. The maximum atomic E-state index is 13.4. The number of piperidine rings is 1. The first-order chi connectivity index (χ1) is 17.7. The van der Waals surface area contributed by atoms with Crippen LogP contribution in [-0.4, -0.2) is 51.8 Å². The van der Waals surface area contributed by atoms with Crippen LogP contribution in [-0.2, 0) is 16.8 Å². The molecule has 1 saturated heterocycles. The van der Waals surface area contributed by atoms with E-state index >= 15 is 0 Å². The van der Waals surface area contributed by atoms with Crippen LogP contribution in [0.3, 0.4) is 0 Å². The van der Waals surface area contributed by atoms with Gasteiger partial charge >= 0.3 is 6.03 Å². The zero-order chi connectivity index (χ0) is 26.6. The van der Waals surface area contributed by atoms with Gasteiger partial charge in [0.15, 0.2) is 0 Å². The Kier molecular flexibility index (Phi) is 8.24. The molecule has 3 atom stereocenters. The highest BCUT2D eigenvalue weighted by atomic mass is 16.3. The number of hydrogen-bond donors (Lipinski definition) is 4. The van der Waals surface area contributed by atoms with E-state index in [9.17, 15) is 19.8 Å². The number of aliphatic hydroxyl groups is 1. The van der Waals surface area contributed by atoms with Gasteiger partial charge in [0.25, 0.3) is 0 Å². The number of imide groups is 1. The Labute approximate surface area is 220 Å². The van der Waals surface area contributed by atoms with Crippen LogP contribution >= 0.6 is 0 Å². The third-order valence-electron chi connectivity index (χ3n) is 8.46. The van der Waals surface area contributed by atoms with E-state index in [0.29, 0.717) is 25.3 Å². The minimum absolute atomic E-state index is 0.0475. The Morgan fingerprint density at radius 3 is 2.54 bits per heavy atom. The number of likely N-dealkylation sites (tertiary alicyclic amines) is 1. The van der Waals surface area contributed by atoms with Crippen molar-refractivity contribution >= 4 is 11.9 Å². The standard InChI is InChI=1S/C30H41N3O4/c1-4-14-30(37)22(3)33(20-24-11-12-24)16-15-29(30,26-17-25(34)13-10-21(26)2)18-27(35)32-28(36)31-19-23-8-6-5-7-9-23/h5-10,13,17,22,24,34,37H,4,11-12,14-16,18-20H2,1-3H3,(H2,31,32,35,36). The molecule has 0 aromatic heterocycles. The van der Waals surface area contributed by atoms with Crippen LogP contribution < -0.4 is 10.6 Å². The Hall–Kier alpha value is -2.90. The SMILES string of the molecule is CCCC1(O)C(C)N(CC2CC2)CCC1(CC(=O)NC(=O)NCc1ccccc1)c1cc(O)ccc1C. The van der Waals surface area contributed by atoms with Crippen molar-refractivity contribution in [2.75, 3.05) is 13.1 Å². The van der Waals surface area contributed by atoms with Gasteiger partial charge in [-0.05, 0) is 80.8 Å². The fourth-order valence-electron chi connectivity index (χ4n) is 6.25. The first-order valence-corrected chi connectivity index (χ1v) is 13.6. The summed E-state index contributed by atoms with van der Waals surface area (Å²) < 4.78 is 0. The van der Waals surface area contributed by atoms with Gasteiger partial charge in [-0.2, -0.15) is 0 Å². The number of nitrogens with zero attached hydrogens (tertiary/aromatic N) is 1. The number of carbonyl (C=O) groups is 2. The fraction of sp³-hybridized carbons (Fsp3) is 0.533. The van der Waals surface area contributed by atoms with Gasteiger partial charge in [-0.15, -0.1) is 0 Å². The average molecular weight is 508 g/mol. The summed E-state index contributed by atoms with van der Waals surface area (Å²) in [7, 11) is 0. The highest BCUT2D eigenvalue weighted by molar-refractivity contribution is 5.95. The molecule has 1 aliphatic heterocycles. The van der Waals surface area contributed by atoms with Crippen LogP contribution in [0.5, 0.6) is 5.75 Å². The molecule has 1 saturated carbocycles. The fourth-order valence-corrected chi connectivity index (χ4v) is 6.25. The summed E-state index contributed by atoms with van der Waals surface area (Å²) in [5.74, 6) is 0.346. The van der Waals surface area contributed by atoms with Crippen LogP contribution in [0.15, 0.2) is 48.5 Å². The summed E-state index contributed by atoms with van der Waals surface area (Å²) in [6.45, 7) is 8.07. The van der Waals surface area contributed by atoms with Crippen molar-refractivity contribution in [2.24, 2.45) is 5.92 Å². The number of rotatable bonds is 9. The van der Waals surface area contributed by atoms with E-state index in [1.54, 1.807) is 12.1 Å². The zero-order valence-electron chi connectivity index (χ0n) is 22.3. The van der Waals surface area contributed by atoms with Gasteiger partial charge in [0.1, 0.15) is 5.75 Å². The lowest BCUT2D eigenvalue weighted by molar-refractivity contribution is -0.151. The average Bonchev–Trinajstić information content (AvgIpc) is 3.69. The number of aryl methyl sites for hydroxylation is 1. The molecule has 0 spiro atoms. The summed E-state index contributed by atoms with van der Waals surface area (Å²) in [5, 5.41) is 28.2. The van der Waals surface area contributed by atoms with Crippen LogP contribution in [0.2, 0.25) is 0 Å². The van der Waals surface area contributed by atoms with E-state index in [4.69, 9.17) is 0 Å². The lowest BCUT2D eigenvalue weighted by Crippen LogP contribution is -2.69. The number of urea groups is 1. The summed E-state index contributed by atoms with van der Waals surface area (Å²) in [4.78, 5) is 28.4. The van der Waals surface area contributed by atoms with E-state index in [1.807, 2.05) is 50.2 Å². The van der Waals surface area contributed by atoms with Gasteiger partial charge in [0.05, 0.1) is 5.60 Å². The third-order valence-corrected chi connectivity index (χ3v) is 8.46. The molecule has 2 aromatic rings. The van der Waals surface area contributed by atoms with Gasteiger partial charge in [-0.3, -0.25) is 15.0 Å². The summed E-state index contributed by atoms with van der Waals surface area (Å²) in [6.07, 6.45) is 4.23. The molecule has 37 heavy (non-hydrogen) atoms. The predicted octanol–water partition coefficient (Wildman–Crippen LogP) is 4.39. The number of amides is 3. The molecule has 2 fully saturated rings. The number of phenolic OH excluding ortho intramolecular Hbond substituents is 1. The summed E-state index contributed by atoms with van der Waals surface area (Å²) >= 11 is 0. The molecule has 1 aliphatic carbocycles. The van der Waals surface area contributed by atoms with Crippen molar-refractivity contribution in [1.29, 1.82) is 0 Å².